The second-order valence-corrected chi connectivity index (χ2v) is 8.51. The number of nitrogens with one attached hydrogen (secondary N) is 2. The molecule has 2 fully saturated rings. The Balaban J connectivity index is 0.00000280. The van der Waals surface area contributed by atoms with Gasteiger partial charge in [-0.3, -0.25) is 4.99 Å². The zero-order valence-corrected chi connectivity index (χ0v) is 20.6. The third-order valence-electron chi connectivity index (χ3n) is 5.57. The predicted molar refractivity (Wildman–Crippen MR) is 132 cm³/mol. The third kappa shape index (κ3) is 7.33. The minimum atomic E-state index is 0. The van der Waals surface area contributed by atoms with Crippen LogP contribution in [0.4, 0.5) is 5.13 Å². The molecule has 0 atom stereocenters. The van der Waals surface area contributed by atoms with Gasteiger partial charge in [0.1, 0.15) is 0 Å². The molecule has 0 unspecified atom stereocenters. The molecule has 2 aliphatic rings. The van der Waals surface area contributed by atoms with Gasteiger partial charge >= 0.3 is 0 Å². The zero-order valence-electron chi connectivity index (χ0n) is 17.5. The number of likely N-dealkylation sites (tertiary alicyclic amines) is 1. The van der Waals surface area contributed by atoms with Gasteiger partial charge in [-0.1, -0.05) is 13.3 Å². The van der Waals surface area contributed by atoms with Crippen molar-refractivity contribution in [2.24, 2.45) is 4.99 Å². The number of rotatable bonds is 8. The maximum atomic E-state index is 4.80. The summed E-state index contributed by atoms with van der Waals surface area (Å²) in [6, 6.07) is 0.537. The summed E-state index contributed by atoms with van der Waals surface area (Å²) in [6.45, 7) is 9.13. The average molecular weight is 521 g/mol. The molecule has 3 rings (SSSR count). The number of anilines is 1. The molecule has 28 heavy (non-hydrogen) atoms. The molecule has 2 aliphatic heterocycles. The van der Waals surface area contributed by atoms with Crippen molar-refractivity contribution >= 4 is 46.4 Å². The molecular weight excluding hydrogens is 483 g/mol. The number of thiazole rings is 1. The lowest BCUT2D eigenvalue weighted by Crippen LogP contribution is -2.49. The van der Waals surface area contributed by atoms with Gasteiger partial charge in [-0.25, -0.2) is 4.98 Å². The SMILES string of the molecule is CCCCN1CCC(NC(=NC)NCCc2csc(N3CCCC3)n2)CC1.I. The Hall–Kier alpha value is -0.610. The van der Waals surface area contributed by atoms with Crippen molar-refractivity contribution in [2.45, 2.75) is 57.9 Å². The van der Waals surface area contributed by atoms with Gasteiger partial charge < -0.3 is 20.4 Å². The fourth-order valence-electron chi connectivity index (χ4n) is 3.84. The van der Waals surface area contributed by atoms with Crippen LogP contribution >= 0.6 is 35.3 Å². The van der Waals surface area contributed by atoms with Crippen molar-refractivity contribution in [1.82, 2.24) is 20.5 Å². The largest absolute Gasteiger partial charge is 0.356 e. The van der Waals surface area contributed by atoms with Crippen LogP contribution in [0.3, 0.4) is 0 Å². The molecule has 1 aromatic heterocycles. The molecule has 160 valence electrons. The van der Waals surface area contributed by atoms with Crippen LogP contribution in [0.5, 0.6) is 0 Å². The molecule has 0 amide bonds. The lowest BCUT2D eigenvalue weighted by Gasteiger charge is -2.33. The predicted octanol–water partition coefficient (Wildman–Crippen LogP) is 3.33. The fourth-order valence-corrected chi connectivity index (χ4v) is 4.76. The molecule has 2 saturated heterocycles. The van der Waals surface area contributed by atoms with E-state index in [2.05, 4.69) is 37.7 Å². The van der Waals surface area contributed by atoms with E-state index in [1.807, 2.05) is 7.05 Å². The second-order valence-electron chi connectivity index (χ2n) is 7.68. The van der Waals surface area contributed by atoms with E-state index in [0.29, 0.717) is 6.04 Å². The molecule has 0 saturated carbocycles. The smallest absolute Gasteiger partial charge is 0.191 e. The highest BCUT2D eigenvalue weighted by Gasteiger charge is 2.19. The maximum Gasteiger partial charge on any atom is 0.191 e. The topological polar surface area (TPSA) is 55.8 Å². The Morgan fingerprint density at radius 2 is 2.00 bits per heavy atom. The number of halogens is 1. The number of unbranched alkanes of at least 4 members (excludes halogenated alkanes) is 1. The van der Waals surface area contributed by atoms with Crippen LogP contribution in [0, 0.1) is 0 Å². The zero-order chi connectivity index (χ0) is 18.9. The monoisotopic (exact) mass is 520 g/mol. The van der Waals surface area contributed by atoms with Crippen molar-refractivity contribution in [3.8, 4) is 0 Å². The van der Waals surface area contributed by atoms with E-state index < -0.39 is 0 Å². The molecule has 0 bridgehead atoms. The van der Waals surface area contributed by atoms with E-state index in [1.54, 1.807) is 11.3 Å². The van der Waals surface area contributed by atoms with Crippen LogP contribution in [-0.4, -0.2) is 68.2 Å². The van der Waals surface area contributed by atoms with Crippen LogP contribution in [0.25, 0.3) is 0 Å². The first-order valence-electron chi connectivity index (χ1n) is 10.7. The molecule has 0 aromatic carbocycles. The van der Waals surface area contributed by atoms with Gasteiger partial charge in [-0.15, -0.1) is 35.3 Å². The minimum absolute atomic E-state index is 0. The third-order valence-corrected chi connectivity index (χ3v) is 6.52. The summed E-state index contributed by atoms with van der Waals surface area (Å²) in [7, 11) is 1.86. The van der Waals surface area contributed by atoms with Crippen molar-refractivity contribution < 1.29 is 0 Å². The standard InChI is InChI=1S/C20H36N6S.HI/c1-3-4-11-25-14-8-17(9-15-25)23-19(21-2)22-10-7-18-16-27-20(24-18)26-12-5-6-13-26;/h16-17H,3-15H2,1-2H3,(H2,21,22,23);1H. The highest BCUT2D eigenvalue weighted by molar-refractivity contribution is 14.0. The molecule has 6 nitrogen and oxygen atoms in total. The average Bonchev–Trinajstić information content (AvgIpc) is 3.38. The maximum absolute atomic E-state index is 4.80. The summed E-state index contributed by atoms with van der Waals surface area (Å²) in [5.74, 6) is 0.928. The summed E-state index contributed by atoms with van der Waals surface area (Å²) < 4.78 is 0. The lowest BCUT2D eigenvalue weighted by atomic mass is 10.0. The number of guanidine groups is 1. The first kappa shape index (κ1) is 23.7. The minimum Gasteiger partial charge on any atom is -0.356 e. The number of piperidine rings is 1. The van der Waals surface area contributed by atoms with Crippen LogP contribution in [0.15, 0.2) is 10.4 Å². The first-order chi connectivity index (χ1) is 13.3. The highest BCUT2D eigenvalue weighted by Crippen LogP contribution is 2.24. The first-order valence-corrected chi connectivity index (χ1v) is 11.6. The number of hydrogen-bond donors (Lipinski definition) is 2. The quantitative estimate of drug-likeness (QED) is 0.313. The van der Waals surface area contributed by atoms with E-state index in [0.717, 1.165) is 18.9 Å². The number of hydrogen-bond acceptors (Lipinski definition) is 5. The molecule has 0 radical (unpaired) electrons. The Morgan fingerprint density at radius 3 is 2.68 bits per heavy atom. The second kappa shape index (κ2) is 12.8. The van der Waals surface area contributed by atoms with Crippen molar-refractivity contribution in [2.75, 3.05) is 51.2 Å². The number of nitrogens with zero attached hydrogens (tertiary/aromatic N) is 4. The molecule has 8 heteroatoms. The van der Waals surface area contributed by atoms with Gasteiger partial charge in [0, 0.05) is 57.6 Å². The van der Waals surface area contributed by atoms with Gasteiger partial charge in [-0.2, -0.15) is 0 Å². The van der Waals surface area contributed by atoms with Crippen molar-refractivity contribution in [3.05, 3.63) is 11.1 Å². The van der Waals surface area contributed by atoms with Crippen LogP contribution in [-0.2, 0) is 6.42 Å². The van der Waals surface area contributed by atoms with Crippen molar-refractivity contribution in [1.29, 1.82) is 0 Å². The molecule has 2 N–H and O–H groups in total. The highest BCUT2D eigenvalue weighted by atomic mass is 127. The summed E-state index contributed by atoms with van der Waals surface area (Å²) in [5.41, 5.74) is 1.19. The molecule has 3 heterocycles. The Morgan fingerprint density at radius 1 is 1.25 bits per heavy atom. The van der Waals surface area contributed by atoms with Gasteiger partial charge in [0.2, 0.25) is 0 Å². The van der Waals surface area contributed by atoms with Crippen molar-refractivity contribution in [3.63, 3.8) is 0 Å². The van der Waals surface area contributed by atoms with Crippen LogP contribution in [0.2, 0.25) is 0 Å². The summed E-state index contributed by atoms with van der Waals surface area (Å²) in [6.07, 6.45) is 8.56. The van der Waals surface area contributed by atoms with E-state index in [4.69, 9.17) is 4.98 Å². The van der Waals surface area contributed by atoms with Gasteiger partial charge in [0.05, 0.1) is 5.69 Å². The summed E-state index contributed by atoms with van der Waals surface area (Å²) in [4.78, 5) is 14.2. The van der Waals surface area contributed by atoms with Gasteiger partial charge in [-0.05, 0) is 38.6 Å². The van der Waals surface area contributed by atoms with E-state index in [1.165, 1.54) is 82.1 Å². The fraction of sp³-hybridized carbons (Fsp3) is 0.800. The molecule has 0 spiro atoms. The number of aliphatic imine (C=N–C) groups is 1. The Kier molecular flexibility index (Phi) is 10.9. The molecule has 0 aliphatic carbocycles. The van der Waals surface area contributed by atoms with E-state index >= 15 is 0 Å². The Bertz CT molecular complexity index is 579. The molecule has 1 aromatic rings. The lowest BCUT2D eigenvalue weighted by molar-refractivity contribution is 0.203. The summed E-state index contributed by atoms with van der Waals surface area (Å²) in [5, 5.41) is 10.5. The summed E-state index contributed by atoms with van der Waals surface area (Å²) >= 11 is 1.78. The van der Waals surface area contributed by atoms with Crippen LogP contribution in [0.1, 0.15) is 51.1 Å². The van der Waals surface area contributed by atoms with E-state index in [9.17, 15) is 0 Å². The van der Waals surface area contributed by atoms with E-state index in [-0.39, 0.29) is 24.0 Å². The molecular formula is C20H37IN6S. The van der Waals surface area contributed by atoms with Gasteiger partial charge in [0.15, 0.2) is 11.1 Å². The number of aromatic nitrogens is 1. The van der Waals surface area contributed by atoms with Crippen LogP contribution < -0.4 is 15.5 Å². The normalized spacial score (nSPS) is 18.9. The Labute approximate surface area is 191 Å². The van der Waals surface area contributed by atoms with Gasteiger partial charge in [0.25, 0.3) is 0 Å².